The Labute approximate surface area is 84.3 Å². The summed E-state index contributed by atoms with van der Waals surface area (Å²) in [7, 11) is 0. The van der Waals surface area contributed by atoms with Gasteiger partial charge in [0.05, 0.1) is 5.69 Å². The molecule has 1 aliphatic rings. The molecule has 0 amide bonds. The monoisotopic (exact) mass is 194 g/mol. The Kier molecular flexibility index (Phi) is 2.84. The highest BCUT2D eigenvalue weighted by Gasteiger charge is 2.25. The van der Waals surface area contributed by atoms with Crippen LogP contribution in [0.2, 0.25) is 0 Å². The van der Waals surface area contributed by atoms with Crippen LogP contribution in [0.1, 0.15) is 37.1 Å². The fourth-order valence-electron chi connectivity index (χ4n) is 1.43. The highest BCUT2D eigenvalue weighted by Crippen LogP contribution is 2.38. The number of aromatic amines is 1. The van der Waals surface area contributed by atoms with E-state index >= 15 is 0 Å². The van der Waals surface area contributed by atoms with Crippen LogP contribution in [-0.4, -0.2) is 22.8 Å². The molecule has 1 aromatic heterocycles. The molecule has 4 nitrogen and oxygen atoms in total. The molecule has 0 bridgehead atoms. The maximum atomic E-state index is 5.51. The molecule has 4 heteroatoms. The highest BCUT2D eigenvalue weighted by molar-refractivity contribution is 5.17. The van der Waals surface area contributed by atoms with Crippen molar-refractivity contribution < 1.29 is 0 Å². The summed E-state index contributed by atoms with van der Waals surface area (Å²) < 4.78 is 0. The van der Waals surface area contributed by atoms with Gasteiger partial charge in [-0.25, -0.2) is 0 Å². The Balaban J connectivity index is 1.83. The Morgan fingerprint density at radius 2 is 2.50 bits per heavy atom. The van der Waals surface area contributed by atoms with Crippen LogP contribution in [0, 0.1) is 0 Å². The SMILES string of the molecule is C[C@@H](CN)NCc1cc(C2CC2)n[nH]1. The Morgan fingerprint density at radius 3 is 3.14 bits per heavy atom. The number of H-pyrrole nitrogens is 1. The number of nitrogens with zero attached hydrogens (tertiary/aromatic N) is 1. The molecule has 0 saturated heterocycles. The molecule has 0 radical (unpaired) electrons. The third kappa shape index (κ3) is 2.33. The van der Waals surface area contributed by atoms with Crippen molar-refractivity contribution in [1.82, 2.24) is 15.5 Å². The summed E-state index contributed by atoms with van der Waals surface area (Å²) >= 11 is 0. The molecular formula is C10H18N4. The van der Waals surface area contributed by atoms with Gasteiger partial charge < -0.3 is 11.1 Å². The van der Waals surface area contributed by atoms with E-state index in [0.29, 0.717) is 12.6 Å². The molecule has 1 atom stereocenters. The minimum Gasteiger partial charge on any atom is -0.329 e. The van der Waals surface area contributed by atoms with Crippen molar-refractivity contribution >= 4 is 0 Å². The van der Waals surface area contributed by atoms with E-state index in [-0.39, 0.29) is 0 Å². The Hall–Kier alpha value is -0.870. The van der Waals surface area contributed by atoms with Crippen molar-refractivity contribution in [3.63, 3.8) is 0 Å². The molecule has 1 fully saturated rings. The first kappa shape index (κ1) is 9.68. The van der Waals surface area contributed by atoms with Gasteiger partial charge in [0.2, 0.25) is 0 Å². The zero-order valence-electron chi connectivity index (χ0n) is 8.59. The van der Waals surface area contributed by atoms with E-state index in [9.17, 15) is 0 Å². The minimum absolute atomic E-state index is 0.364. The van der Waals surface area contributed by atoms with Crippen molar-refractivity contribution in [1.29, 1.82) is 0 Å². The molecule has 14 heavy (non-hydrogen) atoms. The lowest BCUT2D eigenvalue weighted by molar-refractivity contribution is 0.550. The van der Waals surface area contributed by atoms with Gasteiger partial charge in [-0.1, -0.05) is 0 Å². The molecular weight excluding hydrogens is 176 g/mol. The average Bonchev–Trinajstić information content (AvgIpc) is 2.95. The zero-order chi connectivity index (χ0) is 9.97. The van der Waals surface area contributed by atoms with E-state index < -0.39 is 0 Å². The van der Waals surface area contributed by atoms with Crippen LogP contribution in [0.25, 0.3) is 0 Å². The van der Waals surface area contributed by atoms with E-state index in [4.69, 9.17) is 5.73 Å². The quantitative estimate of drug-likeness (QED) is 0.647. The van der Waals surface area contributed by atoms with E-state index in [1.165, 1.54) is 18.5 Å². The van der Waals surface area contributed by atoms with Gasteiger partial charge in [0.15, 0.2) is 0 Å². The molecule has 4 N–H and O–H groups in total. The molecule has 1 aromatic rings. The van der Waals surface area contributed by atoms with Gasteiger partial charge in [-0.3, -0.25) is 5.10 Å². The van der Waals surface area contributed by atoms with Gasteiger partial charge in [0.25, 0.3) is 0 Å². The normalized spacial score (nSPS) is 18.4. The fraction of sp³-hybridized carbons (Fsp3) is 0.700. The van der Waals surface area contributed by atoms with Gasteiger partial charge in [-0.15, -0.1) is 0 Å². The lowest BCUT2D eigenvalue weighted by Gasteiger charge is -2.08. The summed E-state index contributed by atoms with van der Waals surface area (Å²) in [6.45, 7) is 3.58. The van der Waals surface area contributed by atoms with E-state index in [1.807, 2.05) is 0 Å². The van der Waals surface area contributed by atoms with Crippen LogP contribution < -0.4 is 11.1 Å². The third-order valence-electron chi connectivity index (χ3n) is 2.64. The second kappa shape index (κ2) is 4.11. The maximum Gasteiger partial charge on any atom is 0.0656 e. The topological polar surface area (TPSA) is 66.7 Å². The Bertz CT molecular complexity index is 290. The first-order valence-corrected chi connectivity index (χ1v) is 5.27. The number of hydrogen-bond donors (Lipinski definition) is 3. The van der Waals surface area contributed by atoms with Crippen LogP contribution >= 0.6 is 0 Å². The molecule has 78 valence electrons. The lowest BCUT2D eigenvalue weighted by atomic mass is 10.2. The molecule has 2 rings (SSSR count). The summed E-state index contributed by atoms with van der Waals surface area (Å²) in [5, 5.41) is 10.7. The number of rotatable bonds is 5. The van der Waals surface area contributed by atoms with Crippen molar-refractivity contribution in [2.24, 2.45) is 5.73 Å². The minimum atomic E-state index is 0.364. The first-order chi connectivity index (χ1) is 6.79. The Morgan fingerprint density at radius 1 is 1.71 bits per heavy atom. The smallest absolute Gasteiger partial charge is 0.0656 e. The molecule has 1 heterocycles. The largest absolute Gasteiger partial charge is 0.329 e. The van der Waals surface area contributed by atoms with Gasteiger partial charge in [0.1, 0.15) is 0 Å². The lowest BCUT2D eigenvalue weighted by Crippen LogP contribution is -2.32. The number of nitrogens with two attached hydrogens (primary N) is 1. The van der Waals surface area contributed by atoms with Crippen LogP contribution in [0.4, 0.5) is 0 Å². The van der Waals surface area contributed by atoms with E-state index in [1.54, 1.807) is 0 Å². The van der Waals surface area contributed by atoms with Crippen LogP contribution in [0.3, 0.4) is 0 Å². The van der Waals surface area contributed by atoms with Gasteiger partial charge in [-0.05, 0) is 25.8 Å². The van der Waals surface area contributed by atoms with Crippen LogP contribution in [0.5, 0.6) is 0 Å². The summed E-state index contributed by atoms with van der Waals surface area (Å²) in [6.07, 6.45) is 2.61. The summed E-state index contributed by atoms with van der Waals surface area (Å²) in [4.78, 5) is 0. The van der Waals surface area contributed by atoms with Crippen molar-refractivity contribution in [3.05, 3.63) is 17.5 Å². The van der Waals surface area contributed by atoms with Crippen molar-refractivity contribution in [2.45, 2.75) is 38.3 Å². The van der Waals surface area contributed by atoms with Crippen LogP contribution in [-0.2, 0) is 6.54 Å². The van der Waals surface area contributed by atoms with Crippen molar-refractivity contribution in [3.8, 4) is 0 Å². The second-order valence-corrected chi connectivity index (χ2v) is 4.11. The van der Waals surface area contributed by atoms with Gasteiger partial charge in [0, 0.05) is 30.7 Å². The molecule has 1 aliphatic carbocycles. The predicted octanol–water partition coefficient (Wildman–Crippen LogP) is 0.724. The second-order valence-electron chi connectivity index (χ2n) is 4.11. The third-order valence-corrected chi connectivity index (χ3v) is 2.64. The number of aromatic nitrogens is 2. The maximum absolute atomic E-state index is 5.51. The molecule has 0 spiro atoms. The average molecular weight is 194 g/mol. The first-order valence-electron chi connectivity index (χ1n) is 5.27. The van der Waals surface area contributed by atoms with Gasteiger partial charge >= 0.3 is 0 Å². The van der Waals surface area contributed by atoms with Crippen molar-refractivity contribution in [2.75, 3.05) is 6.54 Å². The predicted molar refractivity (Wildman–Crippen MR) is 55.9 cm³/mol. The zero-order valence-corrected chi connectivity index (χ0v) is 8.59. The van der Waals surface area contributed by atoms with Crippen LogP contribution in [0.15, 0.2) is 6.07 Å². The molecule has 0 aliphatic heterocycles. The summed E-state index contributed by atoms with van der Waals surface area (Å²) in [5.41, 5.74) is 7.89. The molecule has 0 unspecified atom stereocenters. The summed E-state index contributed by atoms with van der Waals surface area (Å²) in [6, 6.07) is 2.52. The molecule has 0 aromatic carbocycles. The summed E-state index contributed by atoms with van der Waals surface area (Å²) in [5.74, 6) is 0.729. The standard InChI is InChI=1S/C10H18N4/c1-7(5-11)12-6-9-4-10(14-13-9)8-2-3-8/h4,7-8,12H,2-3,5-6,11H2,1H3,(H,13,14)/t7-/m0/s1. The molecule has 1 saturated carbocycles. The van der Waals surface area contributed by atoms with E-state index in [2.05, 4.69) is 28.5 Å². The number of nitrogens with one attached hydrogen (secondary N) is 2. The van der Waals surface area contributed by atoms with Gasteiger partial charge in [-0.2, -0.15) is 5.10 Å². The van der Waals surface area contributed by atoms with E-state index in [0.717, 1.165) is 18.2 Å². The highest BCUT2D eigenvalue weighted by atomic mass is 15.1. The number of hydrogen-bond acceptors (Lipinski definition) is 3. The fourth-order valence-corrected chi connectivity index (χ4v) is 1.43.